The first-order valence-corrected chi connectivity index (χ1v) is 4.59. The van der Waals surface area contributed by atoms with Crippen molar-refractivity contribution < 1.29 is 18.3 Å². The molecule has 0 unspecified atom stereocenters. The highest BCUT2D eigenvalue weighted by atomic mass is 19.2. The minimum Gasteiger partial charge on any atom is -0.380 e. The van der Waals surface area contributed by atoms with Gasteiger partial charge in [0, 0.05) is 19.1 Å². The molecule has 0 fully saturated rings. The Morgan fingerprint density at radius 3 is 2.47 bits per heavy atom. The van der Waals surface area contributed by atoms with Crippen LogP contribution < -0.4 is 0 Å². The summed E-state index contributed by atoms with van der Waals surface area (Å²) >= 11 is 0. The van der Waals surface area contributed by atoms with Crippen LogP contribution in [0.5, 0.6) is 0 Å². The van der Waals surface area contributed by atoms with Crippen molar-refractivity contribution in [3.63, 3.8) is 0 Å². The molecule has 1 aromatic rings. The lowest BCUT2D eigenvalue weighted by Crippen LogP contribution is -2.01. The Morgan fingerprint density at radius 1 is 1.27 bits per heavy atom. The molecule has 4 heteroatoms. The molecule has 15 heavy (non-hydrogen) atoms. The van der Waals surface area contributed by atoms with Gasteiger partial charge < -0.3 is 9.53 Å². The van der Waals surface area contributed by atoms with Crippen molar-refractivity contribution in [1.29, 1.82) is 0 Å². The molecule has 0 heterocycles. The zero-order valence-electron chi connectivity index (χ0n) is 8.43. The molecule has 0 amide bonds. The number of hydrogen-bond acceptors (Lipinski definition) is 2. The van der Waals surface area contributed by atoms with E-state index in [9.17, 15) is 13.6 Å². The molecule has 0 aliphatic heterocycles. The van der Waals surface area contributed by atoms with Crippen LogP contribution in [0.25, 0.3) is 0 Å². The molecular formula is C11H12F2O2. The van der Waals surface area contributed by atoms with E-state index in [1.54, 1.807) is 0 Å². The fraction of sp³-hybridized carbons (Fsp3) is 0.364. The number of carbonyl (C=O) groups excluding carboxylic acids is 1. The first-order valence-electron chi connectivity index (χ1n) is 4.59. The molecule has 0 saturated heterocycles. The van der Waals surface area contributed by atoms with Gasteiger partial charge in [-0.2, -0.15) is 0 Å². The third-order valence-corrected chi connectivity index (χ3v) is 2.07. The van der Waals surface area contributed by atoms with E-state index in [0.29, 0.717) is 6.29 Å². The summed E-state index contributed by atoms with van der Waals surface area (Å²) in [6.07, 6.45) is 1.10. The van der Waals surface area contributed by atoms with E-state index in [2.05, 4.69) is 0 Å². The van der Waals surface area contributed by atoms with Crippen LogP contribution in [0, 0.1) is 11.6 Å². The van der Waals surface area contributed by atoms with Crippen LogP contribution >= 0.6 is 0 Å². The summed E-state index contributed by atoms with van der Waals surface area (Å²) in [5.41, 5.74) is 0.407. The largest absolute Gasteiger partial charge is 0.380 e. The second-order valence-electron chi connectivity index (χ2n) is 3.15. The summed E-state index contributed by atoms with van der Waals surface area (Å²) < 4.78 is 31.4. The summed E-state index contributed by atoms with van der Waals surface area (Å²) in [6.45, 7) is 0.0384. The number of carbonyl (C=O) groups is 1. The highest BCUT2D eigenvalue weighted by molar-refractivity contribution is 5.50. The van der Waals surface area contributed by atoms with Crippen LogP contribution in [0.3, 0.4) is 0 Å². The molecule has 0 N–H and O–H groups in total. The number of benzene rings is 1. The molecule has 0 aliphatic carbocycles. The lowest BCUT2D eigenvalue weighted by Gasteiger charge is -2.06. The van der Waals surface area contributed by atoms with Crippen molar-refractivity contribution in [2.45, 2.75) is 19.4 Å². The van der Waals surface area contributed by atoms with Crippen LogP contribution in [0.1, 0.15) is 17.5 Å². The highest BCUT2D eigenvalue weighted by Crippen LogP contribution is 2.18. The van der Waals surface area contributed by atoms with E-state index >= 15 is 0 Å². The molecule has 0 spiro atoms. The second-order valence-corrected chi connectivity index (χ2v) is 3.15. The number of aldehydes is 1. The number of ether oxygens (including phenoxy) is 1. The molecule has 0 aliphatic rings. The minimum atomic E-state index is -0.889. The predicted octanol–water partition coefficient (Wildman–Crippen LogP) is 2.24. The molecule has 2 nitrogen and oxygen atoms in total. The number of rotatable bonds is 5. The van der Waals surface area contributed by atoms with Gasteiger partial charge in [0.25, 0.3) is 0 Å². The lowest BCUT2D eigenvalue weighted by molar-refractivity contribution is -0.107. The summed E-state index contributed by atoms with van der Waals surface area (Å²) in [5.74, 6) is -1.77. The highest BCUT2D eigenvalue weighted by Gasteiger charge is 2.12. The Labute approximate surface area is 86.9 Å². The van der Waals surface area contributed by atoms with Crippen molar-refractivity contribution in [2.24, 2.45) is 0 Å². The zero-order valence-corrected chi connectivity index (χ0v) is 8.43. The van der Waals surface area contributed by atoms with Gasteiger partial charge >= 0.3 is 0 Å². The average Bonchev–Trinajstić information content (AvgIpc) is 2.24. The van der Waals surface area contributed by atoms with Crippen molar-refractivity contribution in [1.82, 2.24) is 0 Å². The van der Waals surface area contributed by atoms with Crippen LogP contribution in [0.4, 0.5) is 8.78 Å². The summed E-state index contributed by atoms with van der Waals surface area (Å²) in [4.78, 5) is 10.1. The molecule has 1 rings (SSSR count). The fourth-order valence-corrected chi connectivity index (χ4v) is 1.30. The maximum atomic E-state index is 13.4. The van der Waals surface area contributed by atoms with Crippen molar-refractivity contribution in [3.8, 4) is 0 Å². The quantitative estimate of drug-likeness (QED) is 0.702. The molecular weight excluding hydrogens is 202 g/mol. The topological polar surface area (TPSA) is 26.3 Å². The molecule has 0 bridgehead atoms. The van der Waals surface area contributed by atoms with E-state index in [-0.39, 0.29) is 30.6 Å². The number of aryl methyl sites for hydroxylation is 1. The molecule has 0 radical (unpaired) electrons. The Kier molecular flexibility index (Phi) is 4.37. The standard InChI is InChI=1S/C11H12F2O2/c1-15-7-9-5-4-8(3-2-6-14)10(12)11(9)13/h4-6H,2-3,7H2,1H3. The Balaban J connectivity index is 2.93. The minimum absolute atomic E-state index is 0.0384. The van der Waals surface area contributed by atoms with Crippen molar-refractivity contribution in [3.05, 3.63) is 34.9 Å². The van der Waals surface area contributed by atoms with Crippen molar-refractivity contribution >= 4 is 6.29 Å². The smallest absolute Gasteiger partial charge is 0.164 e. The maximum absolute atomic E-state index is 13.4. The molecule has 0 aromatic heterocycles. The third-order valence-electron chi connectivity index (χ3n) is 2.07. The van der Waals surface area contributed by atoms with Crippen LogP contribution in [-0.4, -0.2) is 13.4 Å². The van der Waals surface area contributed by atoms with E-state index in [4.69, 9.17) is 4.74 Å². The summed E-state index contributed by atoms with van der Waals surface area (Å²) in [6, 6.07) is 2.96. The average molecular weight is 214 g/mol. The maximum Gasteiger partial charge on any atom is 0.164 e. The summed E-state index contributed by atoms with van der Waals surface area (Å²) in [5, 5.41) is 0. The van der Waals surface area contributed by atoms with Crippen LogP contribution in [-0.2, 0) is 22.6 Å². The van der Waals surface area contributed by atoms with Crippen LogP contribution in [0.15, 0.2) is 12.1 Å². The number of hydrogen-bond donors (Lipinski definition) is 0. The van der Waals surface area contributed by atoms with Gasteiger partial charge in [-0.1, -0.05) is 12.1 Å². The molecule has 0 saturated carbocycles. The van der Waals surface area contributed by atoms with Gasteiger partial charge in [-0.3, -0.25) is 0 Å². The number of methoxy groups -OCH3 is 1. The first-order chi connectivity index (χ1) is 7.20. The van der Waals surface area contributed by atoms with Gasteiger partial charge in [-0.05, 0) is 12.0 Å². The van der Waals surface area contributed by atoms with Crippen molar-refractivity contribution in [2.75, 3.05) is 7.11 Å². The van der Waals surface area contributed by atoms with Gasteiger partial charge in [0.05, 0.1) is 6.61 Å². The monoisotopic (exact) mass is 214 g/mol. The van der Waals surface area contributed by atoms with Gasteiger partial charge in [0.15, 0.2) is 11.6 Å². The van der Waals surface area contributed by atoms with E-state index in [1.165, 1.54) is 19.2 Å². The summed E-state index contributed by atoms with van der Waals surface area (Å²) in [7, 11) is 1.41. The molecule has 1 aromatic carbocycles. The Bertz CT molecular complexity index is 351. The van der Waals surface area contributed by atoms with E-state index in [1.807, 2.05) is 0 Å². The second kappa shape index (κ2) is 5.56. The Morgan fingerprint density at radius 2 is 1.87 bits per heavy atom. The van der Waals surface area contributed by atoms with E-state index < -0.39 is 11.6 Å². The molecule has 0 atom stereocenters. The first kappa shape index (κ1) is 11.8. The normalized spacial score (nSPS) is 10.3. The van der Waals surface area contributed by atoms with Gasteiger partial charge in [0.2, 0.25) is 0 Å². The lowest BCUT2D eigenvalue weighted by atomic mass is 10.1. The zero-order chi connectivity index (χ0) is 11.3. The third kappa shape index (κ3) is 2.83. The van der Waals surface area contributed by atoms with Crippen LogP contribution in [0.2, 0.25) is 0 Å². The molecule has 82 valence electrons. The fourth-order valence-electron chi connectivity index (χ4n) is 1.30. The van der Waals surface area contributed by atoms with Gasteiger partial charge in [0.1, 0.15) is 6.29 Å². The predicted molar refractivity (Wildman–Crippen MR) is 51.5 cm³/mol. The van der Waals surface area contributed by atoms with Gasteiger partial charge in [-0.15, -0.1) is 0 Å². The van der Waals surface area contributed by atoms with Gasteiger partial charge in [-0.25, -0.2) is 8.78 Å². The van der Waals surface area contributed by atoms with E-state index in [0.717, 1.165) is 0 Å². The Hall–Kier alpha value is -1.29. The number of halogens is 2. The SMILES string of the molecule is COCc1ccc(CCC=O)c(F)c1F.